The van der Waals surface area contributed by atoms with E-state index < -0.39 is 5.97 Å². The number of amides is 1. The number of esters is 1. The van der Waals surface area contributed by atoms with Crippen molar-refractivity contribution < 1.29 is 23.8 Å². The topological polar surface area (TPSA) is 73.9 Å². The number of ether oxygens (including phenoxy) is 3. The summed E-state index contributed by atoms with van der Waals surface area (Å²) in [6, 6.07) is 5.34. The van der Waals surface area contributed by atoms with Crippen molar-refractivity contribution in [2.24, 2.45) is 5.92 Å². The van der Waals surface area contributed by atoms with Crippen LogP contribution in [-0.4, -0.2) is 38.7 Å². The summed E-state index contributed by atoms with van der Waals surface area (Å²) in [5.74, 6) is 0.469. The summed E-state index contributed by atoms with van der Waals surface area (Å²) in [6.45, 7) is 5.59. The van der Waals surface area contributed by atoms with Gasteiger partial charge >= 0.3 is 5.97 Å². The molecule has 0 spiro atoms. The lowest BCUT2D eigenvalue weighted by Gasteiger charge is -2.17. The third-order valence-electron chi connectivity index (χ3n) is 3.57. The van der Waals surface area contributed by atoms with Crippen LogP contribution < -0.4 is 14.8 Å². The second kappa shape index (κ2) is 9.60. The van der Waals surface area contributed by atoms with Gasteiger partial charge in [0, 0.05) is 17.7 Å². The normalized spacial score (nSPS) is 12.1. The first kappa shape index (κ1) is 19.5. The van der Waals surface area contributed by atoms with E-state index in [2.05, 4.69) is 5.32 Å². The van der Waals surface area contributed by atoms with Crippen LogP contribution in [0.4, 0.5) is 0 Å². The first-order chi connectivity index (χ1) is 11.4. The van der Waals surface area contributed by atoms with Crippen LogP contribution in [0.1, 0.15) is 26.3 Å². The molecule has 6 heteroatoms. The van der Waals surface area contributed by atoms with Gasteiger partial charge < -0.3 is 19.5 Å². The Hall–Kier alpha value is -2.50. The molecule has 0 saturated heterocycles. The Bertz CT molecular complexity index is 595. The quantitative estimate of drug-likeness (QED) is 0.583. The molecule has 6 nitrogen and oxygen atoms in total. The number of rotatable bonds is 8. The summed E-state index contributed by atoms with van der Waals surface area (Å²) < 4.78 is 15.4. The zero-order valence-electron chi connectivity index (χ0n) is 14.8. The second-order valence-electron chi connectivity index (χ2n) is 5.62. The van der Waals surface area contributed by atoms with Crippen LogP contribution in [-0.2, 0) is 14.3 Å². The van der Waals surface area contributed by atoms with Crippen LogP contribution >= 0.6 is 0 Å². The number of hydrogen-bond acceptors (Lipinski definition) is 5. The maximum Gasteiger partial charge on any atom is 0.331 e. The molecular formula is C18H25NO5. The lowest BCUT2D eigenvalue weighted by Crippen LogP contribution is -2.38. The van der Waals surface area contributed by atoms with Crippen molar-refractivity contribution in [3.05, 3.63) is 29.8 Å². The van der Waals surface area contributed by atoms with Crippen molar-refractivity contribution in [3.8, 4) is 11.5 Å². The number of para-hydroxylation sites is 1. The summed E-state index contributed by atoms with van der Waals surface area (Å²) in [4.78, 5) is 23.4. The number of benzene rings is 1. The molecular weight excluding hydrogens is 310 g/mol. The molecule has 1 amide bonds. The summed E-state index contributed by atoms with van der Waals surface area (Å²) in [5.41, 5.74) is 0.673. The Labute approximate surface area is 142 Å². The van der Waals surface area contributed by atoms with Gasteiger partial charge in [0.15, 0.2) is 18.1 Å². The van der Waals surface area contributed by atoms with Gasteiger partial charge in [-0.15, -0.1) is 0 Å². The molecule has 0 radical (unpaired) electrons. The van der Waals surface area contributed by atoms with Crippen molar-refractivity contribution in [2.45, 2.75) is 26.8 Å². The zero-order chi connectivity index (χ0) is 18.1. The number of hydrogen-bond donors (Lipinski definition) is 1. The molecule has 1 N–H and O–H groups in total. The Morgan fingerprint density at radius 3 is 2.46 bits per heavy atom. The van der Waals surface area contributed by atoms with Crippen LogP contribution in [0.25, 0.3) is 6.08 Å². The van der Waals surface area contributed by atoms with Crippen molar-refractivity contribution >= 4 is 18.0 Å². The molecule has 0 aliphatic heterocycles. The fraction of sp³-hybridized carbons (Fsp3) is 0.444. The van der Waals surface area contributed by atoms with Crippen molar-refractivity contribution in [3.63, 3.8) is 0 Å². The average molecular weight is 335 g/mol. The molecule has 0 bridgehead atoms. The number of carbonyl (C=O) groups excluding carboxylic acids is 2. The fourth-order valence-electron chi connectivity index (χ4n) is 1.85. The highest BCUT2D eigenvalue weighted by molar-refractivity contribution is 5.89. The van der Waals surface area contributed by atoms with Gasteiger partial charge in [-0.3, -0.25) is 4.79 Å². The first-order valence-corrected chi connectivity index (χ1v) is 7.74. The van der Waals surface area contributed by atoms with E-state index in [1.54, 1.807) is 24.3 Å². The average Bonchev–Trinajstić information content (AvgIpc) is 2.57. The van der Waals surface area contributed by atoms with Crippen LogP contribution in [0, 0.1) is 5.92 Å². The molecule has 0 saturated carbocycles. The highest BCUT2D eigenvalue weighted by atomic mass is 16.5. The van der Waals surface area contributed by atoms with E-state index in [1.807, 2.05) is 20.8 Å². The standard InChI is InChI=1S/C18H25NO5/c1-12(2)13(3)19-16(20)11-24-17(21)10-9-14-7-6-8-15(22-4)18(14)23-5/h6-10,12-13H,11H2,1-5H3,(H,19,20)/b10-9+/t13-/m1/s1. The molecule has 0 aliphatic carbocycles. The van der Waals surface area contributed by atoms with Gasteiger partial charge in [0.05, 0.1) is 14.2 Å². The number of methoxy groups -OCH3 is 2. The first-order valence-electron chi connectivity index (χ1n) is 7.74. The molecule has 0 heterocycles. The Kier molecular flexibility index (Phi) is 7.82. The minimum absolute atomic E-state index is 0.0211. The predicted octanol–water partition coefficient (Wildman–Crippen LogP) is 2.42. The van der Waals surface area contributed by atoms with E-state index in [0.717, 1.165) is 0 Å². The van der Waals surface area contributed by atoms with Crippen LogP contribution in [0.15, 0.2) is 24.3 Å². The molecule has 0 aliphatic rings. The number of nitrogens with one attached hydrogen (secondary N) is 1. The molecule has 0 fully saturated rings. The van der Waals surface area contributed by atoms with Crippen LogP contribution in [0.5, 0.6) is 11.5 Å². The van der Waals surface area contributed by atoms with Gasteiger partial charge in [-0.05, 0) is 25.0 Å². The molecule has 1 aromatic carbocycles. The Morgan fingerprint density at radius 1 is 1.17 bits per heavy atom. The number of carbonyl (C=O) groups is 2. The van der Waals surface area contributed by atoms with Gasteiger partial charge in [-0.25, -0.2) is 4.79 Å². The zero-order valence-corrected chi connectivity index (χ0v) is 14.8. The smallest absolute Gasteiger partial charge is 0.331 e. The van der Waals surface area contributed by atoms with E-state index in [-0.39, 0.29) is 18.6 Å². The van der Waals surface area contributed by atoms with Gasteiger partial charge in [-0.1, -0.05) is 26.0 Å². The van der Waals surface area contributed by atoms with E-state index in [0.29, 0.717) is 23.0 Å². The molecule has 0 unspecified atom stereocenters. The second-order valence-corrected chi connectivity index (χ2v) is 5.62. The van der Waals surface area contributed by atoms with Gasteiger partial charge in [0.25, 0.3) is 5.91 Å². The molecule has 0 aromatic heterocycles. The highest BCUT2D eigenvalue weighted by Crippen LogP contribution is 2.31. The van der Waals surface area contributed by atoms with Crippen molar-refractivity contribution in [1.29, 1.82) is 0 Å². The third kappa shape index (κ3) is 5.95. The molecule has 24 heavy (non-hydrogen) atoms. The summed E-state index contributed by atoms with van der Waals surface area (Å²) in [6.07, 6.45) is 2.80. The Balaban J connectivity index is 2.59. The van der Waals surface area contributed by atoms with Crippen LogP contribution in [0.2, 0.25) is 0 Å². The summed E-state index contributed by atoms with van der Waals surface area (Å²) in [7, 11) is 3.06. The highest BCUT2D eigenvalue weighted by Gasteiger charge is 2.12. The van der Waals surface area contributed by atoms with Gasteiger partial charge in [-0.2, -0.15) is 0 Å². The maximum absolute atomic E-state index is 11.7. The monoisotopic (exact) mass is 335 g/mol. The SMILES string of the molecule is COc1cccc(/C=C/C(=O)OCC(=O)N[C@H](C)C(C)C)c1OC. The minimum Gasteiger partial charge on any atom is -0.493 e. The van der Waals surface area contributed by atoms with E-state index in [9.17, 15) is 9.59 Å². The van der Waals surface area contributed by atoms with Gasteiger partial charge in [0.1, 0.15) is 0 Å². The maximum atomic E-state index is 11.7. The summed E-state index contributed by atoms with van der Waals surface area (Å²) >= 11 is 0. The molecule has 1 rings (SSSR count). The molecule has 132 valence electrons. The molecule has 1 atom stereocenters. The largest absolute Gasteiger partial charge is 0.493 e. The fourth-order valence-corrected chi connectivity index (χ4v) is 1.85. The predicted molar refractivity (Wildman–Crippen MR) is 92.0 cm³/mol. The lowest BCUT2D eigenvalue weighted by atomic mass is 10.1. The van der Waals surface area contributed by atoms with E-state index in [1.165, 1.54) is 20.3 Å². The lowest BCUT2D eigenvalue weighted by molar-refractivity contribution is -0.144. The van der Waals surface area contributed by atoms with Crippen molar-refractivity contribution in [2.75, 3.05) is 20.8 Å². The van der Waals surface area contributed by atoms with E-state index in [4.69, 9.17) is 14.2 Å². The Morgan fingerprint density at radius 2 is 1.88 bits per heavy atom. The van der Waals surface area contributed by atoms with E-state index >= 15 is 0 Å². The van der Waals surface area contributed by atoms with Gasteiger partial charge in [0.2, 0.25) is 0 Å². The van der Waals surface area contributed by atoms with Crippen LogP contribution in [0.3, 0.4) is 0 Å². The van der Waals surface area contributed by atoms with Crippen molar-refractivity contribution in [1.82, 2.24) is 5.32 Å². The minimum atomic E-state index is -0.604. The molecule has 1 aromatic rings. The third-order valence-corrected chi connectivity index (χ3v) is 3.57. The summed E-state index contributed by atoms with van der Waals surface area (Å²) in [5, 5.41) is 2.77.